The van der Waals surface area contributed by atoms with E-state index in [0.29, 0.717) is 12.4 Å². The summed E-state index contributed by atoms with van der Waals surface area (Å²) < 4.78 is 0. The molecule has 4 heteroatoms. The van der Waals surface area contributed by atoms with Crippen LogP contribution in [0, 0.1) is 6.92 Å². The molecule has 72 valence electrons. The van der Waals surface area contributed by atoms with Crippen molar-refractivity contribution in [2.45, 2.75) is 13.5 Å². The molecule has 0 saturated heterocycles. The second-order valence-corrected chi connectivity index (χ2v) is 3.13. The van der Waals surface area contributed by atoms with E-state index < -0.39 is 0 Å². The lowest BCUT2D eigenvalue weighted by molar-refractivity contribution is 0.476. The summed E-state index contributed by atoms with van der Waals surface area (Å²) in [4.78, 5) is 8.46. The zero-order valence-electron chi connectivity index (χ0n) is 7.86. The number of aromatic nitrogens is 2. The molecule has 0 radical (unpaired) electrons. The van der Waals surface area contributed by atoms with Crippen molar-refractivity contribution in [1.82, 2.24) is 9.97 Å². The first-order valence-electron chi connectivity index (χ1n) is 4.37. The Kier molecular flexibility index (Phi) is 2.05. The molecule has 0 fully saturated rings. The molecular formula is C10H11N3O. The molecule has 4 nitrogen and oxygen atoms in total. The van der Waals surface area contributed by atoms with Crippen molar-refractivity contribution in [2.24, 2.45) is 5.73 Å². The fraction of sp³-hybridized carbons (Fsp3) is 0.200. The number of phenolic OH excluding ortho intramolecular Hbond substituents is 1. The van der Waals surface area contributed by atoms with Crippen LogP contribution in [0.4, 0.5) is 0 Å². The average molecular weight is 189 g/mol. The van der Waals surface area contributed by atoms with Gasteiger partial charge in [-0.1, -0.05) is 0 Å². The summed E-state index contributed by atoms with van der Waals surface area (Å²) in [5.74, 6) is 0.852. The van der Waals surface area contributed by atoms with Crippen molar-refractivity contribution < 1.29 is 5.11 Å². The molecule has 0 unspecified atom stereocenters. The van der Waals surface area contributed by atoms with E-state index in [1.54, 1.807) is 18.2 Å². The van der Waals surface area contributed by atoms with E-state index in [1.165, 1.54) is 0 Å². The van der Waals surface area contributed by atoms with Crippen LogP contribution in [0.15, 0.2) is 18.2 Å². The second-order valence-electron chi connectivity index (χ2n) is 3.13. The van der Waals surface area contributed by atoms with Gasteiger partial charge in [-0.3, -0.25) is 0 Å². The zero-order valence-corrected chi connectivity index (χ0v) is 7.86. The number of nitrogens with two attached hydrogens (primary N) is 1. The molecule has 0 bridgehead atoms. The SMILES string of the molecule is Cc1nc(CN)nc2ccc(O)cc12. The highest BCUT2D eigenvalue weighted by atomic mass is 16.3. The minimum absolute atomic E-state index is 0.227. The lowest BCUT2D eigenvalue weighted by Gasteiger charge is -2.03. The number of aryl methyl sites for hydroxylation is 1. The number of aromatic hydroxyl groups is 1. The van der Waals surface area contributed by atoms with E-state index >= 15 is 0 Å². The van der Waals surface area contributed by atoms with E-state index in [1.807, 2.05) is 6.92 Å². The third-order valence-corrected chi connectivity index (χ3v) is 2.10. The molecule has 1 heterocycles. The van der Waals surface area contributed by atoms with Crippen LogP contribution in [0.3, 0.4) is 0 Å². The van der Waals surface area contributed by atoms with Crippen LogP contribution in [-0.4, -0.2) is 15.1 Å². The van der Waals surface area contributed by atoms with Gasteiger partial charge in [0.1, 0.15) is 11.6 Å². The minimum atomic E-state index is 0.227. The first-order valence-corrected chi connectivity index (χ1v) is 4.37. The smallest absolute Gasteiger partial charge is 0.142 e. The fourth-order valence-corrected chi connectivity index (χ4v) is 1.42. The van der Waals surface area contributed by atoms with Crippen LogP contribution in [0.1, 0.15) is 11.5 Å². The summed E-state index contributed by atoms with van der Waals surface area (Å²) in [7, 11) is 0. The maximum atomic E-state index is 9.30. The number of fused-ring (bicyclic) bond motifs is 1. The molecule has 1 aromatic heterocycles. The largest absolute Gasteiger partial charge is 0.508 e. The Morgan fingerprint density at radius 2 is 2.14 bits per heavy atom. The number of benzene rings is 1. The molecule has 0 saturated carbocycles. The number of hydrogen-bond acceptors (Lipinski definition) is 4. The Hall–Kier alpha value is -1.68. The summed E-state index contributed by atoms with van der Waals surface area (Å²) in [5, 5.41) is 10.2. The van der Waals surface area contributed by atoms with Gasteiger partial charge in [0, 0.05) is 11.1 Å². The summed E-state index contributed by atoms with van der Waals surface area (Å²) in [6, 6.07) is 5.03. The highest BCUT2D eigenvalue weighted by Gasteiger charge is 2.03. The fourth-order valence-electron chi connectivity index (χ4n) is 1.42. The Balaban J connectivity index is 2.76. The molecule has 0 spiro atoms. The summed E-state index contributed by atoms with van der Waals surface area (Å²) in [6.07, 6.45) is 0. The molecule has 0 aliphatic rings. The Morgan fingerprint density at radius 1 is 1.36 bits per heavy atom. The second kappa shape index (κ2) is 3.23. The van der Waals surface area contributed by atoms with Crippen LogP contribution < -0.4 is 5.73 Å². The van der Waals surface area contributed by atoms with Crippen LogP contribution in [-0.2, 0) is 6.54 Å². The van der Waals surface area contributed by atoms with Crippen molar-refractivity contribution >= 4 is 10.9 Å². The van der Waals surface area contributed by atoms with E-state index in [9.17, 15) is 5.11 Å². The van der Waals surface area contributed by atoms with E-state index in [-0.39, 0.29) is 5.75 Å². The maximum absolute atomic E-state index is 9.30. The van der Waals surface area contributed by atoms with Gasteiger partial charge in [-0.25, -0.2) is 9.97 Å². The number of hydrogen-bond donors (Lipinski definition) is 2. The van der Waals surface area contributed by atoms with Crippen molar-refractivity contribution in [3.63, 3.8) is 0 Å². The van der Waals surface area contributed by atoms with Crippen LogP contribution in [0.5, 0.6) is 5.75 Å². The summed E-state index contributed by atoms with van der Waals surface area (Å²) >= 11 is 0. The summed E-state index contributed by atoms with van der Waals surface area (Å²) in [5.41, 5.74) is 7.12. The lowest BCUT2D eigenvalue weighted by atomic mass is 10.2. The van der Waals surface area contributed by atoms with Crippen molar-refractivity contribution in [2.75, 3.05) is 0 Å². The number of phenols is 1. The van der Waals surface area contributed by atoms with Gasteiger partial charge in [0.25, 0.3) is 0 Å². The Morgan fingerprint density at radius 3 is 2.86 bits per heavy atom. The molecule has 3 N–H and O–H groups in total. The van der Waals surface area contributed by atoms with Crippen molar-refractivity contribution in [3.8, 4) is 5.75 Å². The minimum Gasteiger partial charge on any atom is -0.508 e. The Bertz CT molecular complexity index is 482. The predicted octanol–water partition coefficient (Wildman–Crippen LogP) is 1.10. The van der Waals surface area contributed by atoms with Gasteiger partial charge in [-0.2, -0.15) is 0 Å². The Labute approximate surface area is 81.4 Å². The first kappa shape index (κ1) is 8.90. The van der Waals surface area contributed by atoms with Crippen LogP contribution in [0.25, 0.3) is 10.9 Å². The standard InChI is InChI=1S/C10H11N3O/c1-6-8-4-7(14)2-3-9(8)13-10(5-11)12-6/h2-4,14H,5,11H2,1H3. The molecular weight excluding hydrogens is 178 g/mol. The van der Waals surface area contributed by atoms with Gasteiger partial charge >= 0.3 is 0 Å². The van der Waals surface area contributed by atoms with Crippen LogP contribution >= 0.6 is 0 Å². The van der Waals surface area contributed by atoms with Gasteiger partial charge in [0.2, 0.25) is 0 Å². The molecule has 0 aliphatic heterocycles. The molecule has 0 aliphatic carbocycles. The number of nitrogens with zero attached hydrogens (tertiary/aromatic N) is 2. The van der Waals surface area contributed by atoms with E-state index in [0.717, 1.165) is 16.6 Å². The van der Waals surface area contributed by atoms with Gasteiger partial charge in [-0.05, 0) is 25.1 Å². The van der Waals surface area contributed by atoms with Gasteiger partial charge in [0.15, 0.2) is 0 Å². The van der Waals surface area contributed by atoms with Crippen LogP contribution in [0.2, 0.25) is 0 Å². The zero-order chi connectivity index (χ0) is 10.1. The highest BCUT2D eigenvalue weighted by Crippen LogP contribution is 2.20. The third-order valence-electron chi connectivity index (χ3n) is 2.10. The van der Waals surface area contributed by atoms with E-state index in [4.69, 9.17) is 5.73 Å². The molecule has 1 aromatic carbocycles. The normalized spacial score (nSPS) is 10.7. The summed E-state index contributed by atoms with van der Waals surface area (Å²) in [6.45, 7) is 2.21. The third kappa shape index (κ3) is 1.40. The first-order chi connectivity index (χ1) is 6.70. The molecule has 14 heavy (non-hydrogen) atoms. The average Bonchev–Trinajstić information content (AvgIpc) is 2.19. The van der Waals surface area contributed by atoms with Gasteiger partial charge < -0.3 is 10.8 Å². The van der Waals surface area contributed by atoms with Crippen molar-refractivity contribution in [3.05, 3.63) is 29.7 Å². The monoisotopic (exact) mass is 189 g/mol. The maximum Gasteiger partial charge on any atom is 0.142 e. The highest BCUT2D eigenvalue weighted by molar-refractivity contribution is 5.82. The predicted molar refractivity (Wildman–Crippen MR) is 53.8 cm³/mol. The van der Waals surface area contributed by atoms with Crippen molar-refractivity contribution in [1.29, 1.82) is 0 Å². The van der Waals surface area contributed by atoms with Gasteiger partial charge in [0.05, 0.1) is 12.1 Å². The topological polar surface area (TPSA) is 72.0 Å². The molecule has 0 amide bonds. The molecule has 2 aromatic rings. The quantitative estimate of drug-likeness (QED) is 0.704. The lowest BCUT2D eigenvalue weighted by Crippen LogP contribution is -2.04. The molecule has 0 atom stereocenters. The van der Waals surface area contributed by atoms with E-state index in [2.05, 4.69) is 9.97 Å². The molecule has 2 rings (SSSR count). The number of rotatable bonds is 1. The van der Waals surface area contributed by atoms with Gasteiger partial charge in [-0.15, -0.1) is 0 Å².